The first-order chi connectivity index (χ1) is 9.28. The molecule has 0 aliphatic carbocycles. The van der Waals surface area contributed by atoms with E-state index in [1.807, 2.05) is 32.0 Å². The van der Waals surface area contributed by atoms with Crippen LogP contribution in [0.1, 0.15) is 13.8 Å². The molecule has 1 heterocycles. The topological polar surface area (TPSA) is 87.2 Å². The van der Waals surface area contributed by atoms with Gasteiger partial charge in [0, 0.05) is 12.8 Å². The van der Waals surface area contributed by atoms with E-state index in [2.05, 4.69) is 4.98 Å². The van der Waals surface area contributed by atoms with Gasteiger partial charge in [-0.1, -0.05) is 6.07 Å². The molecule has 1 aromatic heterocycles. The number of ether oxygens (including phenoxy) is 1. The number of hydrogen-bond acceptors (Lipinski definition) is 5. The summed E-state index contributed by atoms with van der Waals surface area (Å²) in [5.74, 6) is 0.975. The zero-order valence-electron chi connectivity index (χ0n) is 11.8. The Balaban J connectivity index is 2.44. The highest BCUT2D eigenvalue weighted by Crippen LogP contribution is 2.27. The average Bonchev–Trinajstić information content (AvgIpc) is 2.62. The van der Waals surface area contributed by atoms with E-state index in [4.69, 9.17) is 10.5 Å². The minimum atomic E-state index is -3.05. The molecule has 0 radical (unpaired) electrons. The number of nitrogens with two attached hydrogens (primary N) is 1. The highest BCUT2D eigenvalue weighted by Gasteiger charge is 2.14. The van der Waals surface area contributed by atoms with E-state index in [1.54, 1.807) is 4.57 Å². The fourth-order valence-corrected chi connectivity index (χ4v) is 2.49. The molecule has 0 saturated heterocycles. The number of aromatic nitrogens is 2. The summed E-state index contributed by atoms with van der Waals surface area (Å²) in [7, 11) is -3.05. The van der Waals surface area contributed by atoms with Crippen LogP contribution in [0, 0.1) is 0 Å². The van der Waals surface area contributed by atoms with Crippen LogP contribution in [0.5, 0.6) is 5.75 Å². The van der Waals surface area contributed by atoms with Crippen molar-refractivity contribution in [1.29, 1.82) is 0 Å². The zero-order chi connectivity index (χ0) is 14.9. The molecule has 0 spiro atoms. The van der Waals surface area contributed by atoms with Crippen LogP contribution in [-0.4, -0.2) is 36.1 Å². The largest absolute Gasteiger partial charge is 0.489 e. The Bertz CT molecular complexity index is 720. The minimum Gasteiger partial charge on any atom is -0.489 e. The van der Waals surface area contributed by atoms with Crippen molar-refractivity contribution in [2.24, 2.45) is 0 Å². The third-order valence-corrected chi connectivity index (χ3v) is 3.74. The Kier molecular flexibility index (Phi) is 3.89. The predicted octanol–water partition coefficient (Wildman–Crippen LogP) is 1.45. The number of rotatable bonds is 5. The number of hydrogen-bond donors (Lipinski definition) is 1. The average molecular weight is 297 g/mol. The summed E-state index contributed by atoms with van der Waals surface area (Å²) in [6.45, 7) is 4.15. The summed E-state index contributed by atoms with van der Waals surface area (Å²) in [4.78, 5) is 4.29. The number of nitrogen functional groups attached to an aromatic ring is 1. The Hall–Kier alpha value is -1.76. The third kappa shape index (κ3) is 3.22. The van der Waals surface area contributed by atoms with Crippen molar-refractivity contribution >= 4 is 26.8 Å². The van der Waals surface area contributed by atoms with Gasteiger partial charge in [-0.25, -0.2) is 13.4 Å². The number of anilines is 1. The summed E-state index contributed by atoms with van der Waals surface area (Å²) in [5.41, 5.74) is 7.33. The lowest BCUT2D eigenvalue weighted by Gasteiger charge is -2.10. The Morgan fingerprint density at radius 1 is 1.40 bits per heavy atom. The second-order valence-electron chi connectivity index (χ2n) is 5.04. The molecule has 0 saturated carbocycles. The van der Waals surface area contributed by atoms with Gasteiger partial charge in [-0.3, -0.25) is 0 Å². The molecule has 0 atom stereocenters. The van der Waals surface area contributed by atoms with Gasteiger partial charge < -0.3 is 15.0 Å². The highest BCUT2D eigenvalue weighted by molar-refractivity contribution is 7.90. The standard InChI is InChI=1S/C13H19N3O3S/c1-9(2)19-11-6-4-5-10-12(11)15-13(14)16(10)7-8-20(3,17)18/h4-6,9H,7-8H2,1-3H3,(H2,14,15). The van der Waals surface area contributed by atoms with Crippen molar-refractivity contribution in [2.45, 2.75) is 26.5 Å². The van der Waals surface area contributed by atoms with Crippen LogP contribution in [0.2, 0.25) is 0 Å². The summed E-state index contributed by atoms with van der Waals surface area (Å²) in [5, 5.41) is 0. The lowest BCUT2D eigenvalue weighted by atomic mass is 10.3. The molecule has 7 heteroatoms. The summed E-state index contributed by atoms with van der Waals surface area (Å²) in [6, 6.07) is 5.53. The molecule has 2 N–H and O–H groups in total. The number of nitrogens with zero attached hydrogens (tertiary/aromatic N) is 2. The van der Waals surface area contributed by atoms with E-state index >= 15 is 0 Å². The Morgan fingerprint density at radius 3 is 2.70 bits per heavy atom. The van der Waals surface area contributed by atoms with Crippen molar-refractivity contribution in [3.63, 3.8) is 0 Å². The third-order valence-electron chi connectivity index (χ3n) is 2.82. The van der Waals surface area contributed by atoms with Crippen LogP contribution in [0.25, 0.3) is 11.0 Å². The second kappa shape index (κ2) is 5.32. The van der Waals surface area contributed by atoms with Gasteiger partial charge in [0.2, 0.25) is 5.95 Å². The van der Waals surface area contributed by atoms with Crippen molar-refractivity contribution < 1.29 is 13.2 Å². The van der Waals surface area contributed by atoms with Crippen molar-refractivity contribution in [3.05, 3.63) is 18.2 Å². The summed E-state index contributed by atoms with van der Waals surface area (Å²) >= 11 is 0. The molecule has 0 amide bonds. The first-order valence-electron chi connectivity index (χ1n) is 6.37. The van der Waals surface area contributed by atoms with Crippen LogP contribution >= 0.6 is 0 Å². The van der Waals surface area contributed by atoms with Crippen molar-refractivity contribution in [2.75, 3.05) is 17.7 Å². The van der Waals surface area contributed by atoms with Gasteiger partial charge >= 0.3 is 0 Å². The fraction of sp³-hybridized carbons (Fsp3) is 0.462. The van der Waals surface area contributed by atoms with E-state index in [1.165, 1.54) is 6.26 Å². The lowest BCUT2D eigenvalue weighted by molar-refractivity contribution is 0.245. The normalized spacial score (nSPS) is 12.2. The maximum Gasteiger partial charge on any atom is 0.201 e. The van der Waals surface area contributed by atoms with Gasteiger partial charge in [-0.2, -0.15) is 0 Å². The molecular weight excluding hydrogens is 278 g/mol. The van der Waals surface area contributed by atoms with Gasteiger partial charge in [0.25, 0.3) is 0 Å². The van der Waals surface area contributed by atoms with Crippen LogP contribution in [0.3, 0.4) is 0 Å². The van der Waals surface area contributed by atoms with E-state index in [0.717, 1.165) is 5.52 Å². The van der Waals surface area contributed by atoms with Gasteiger partial charge in [0.05, 0.1) is 17.4 Å². The monoisotopic (exact) mass is 297 g/mol. The maximum absolute atomic E-state index is 11.3. The number of para-hydroxylation sites is 1. The van der Waals surface area contributed by atoms with E-state index < -0.39 is 9.84 Å². The van der Waals surface area contributed by atoms with Crippen LogP contribution in [0.4, 0.5) is 5.95 Å². The molecule has 0 bridgehead atoms. The summed E-state index contributed by atoms with van der Waals surface area (Å²) < 4.78 is 30.0. The Morgan fingerprint density at radius 2 is 2.10 bits per heavy atom. The van der Waals surface area contributed by atoms with Gasteiger partial charge in [-0.05, 0) is 26.0 Å². The van der Waals surface area contributed by atoms with Gasteiger partial charge in [0.1, 0.15) is 21.1 Å². The molecule has 0 aliphatic heterocycles. The van der Waals surface area contributed by atoms with Crippen molar-refractivity contribution in [3.8, 4) is 5.75 Å². The molecule has 0 unspecified atom stereocenters. The first-order valence-corrected chi connectivity index (χ1v) is 8.43. The molecule has 1 aromatic carbocycles. The van der Waals surface area contributed by atoms with Crippen LogP contribution < -0.4 is 10.5 Å². The van der Waals surface area contributed by atoms with E-state index in [-0.39, 0.29) is 18.4 Å². The lowest BCUT2D eigenvalue weighted by Crippen LogP contribution is -2.13. The van der Waals surface area contributed by atoms with Gasteiger partial charge in [-0.15, -0.1) is 0 Å². The molecular formula is C13H19N3O3S. The Labute approximate surface area is 118 Å². The number of benzene rings is 1. The fourth-order valence-electron chi connectivity index (χ4n) is 1.98. The van der Waals surface area contributed by atoms with E-state index in [0.29, 0.717) is 17.2 Å². The molecule has 0 aliphatic rings. The van der Waals surface area contributed by atoms with Crippen LogP contribution in [0.15, 0.2) is 18.2 Å². The number of sulfone groups is 1. The number of fused-ring (bicyclic) bond motifs is 1. The highest BCUT2D eigenvalue weighted by atomic mass is 32.2. The maximum atomic E-state index is 11.3. The van der Waals surface area contributed by atoms with Crippen LogP contribution in [-0.2, 0) is 16.4 Å². The minimum absolute atomic E-state index is 0.0257. The number of imidazole rings is 1. The van der Waals surface area contributed by atoms with Gasteiger partial charge in [0.15, 0.2) is 0 Å². The first kappa shape index (κ1) is 14.6. The predicted molar refractivity (Wildman–Crippen MR) is 79.6 cm³/mol. The smallest absolute Gasteiger partial charge is 0.201 e. The van der Waals surface area contributed by atoms with Crippen molar-refractivity contribution in [1.82, 2.24) is 9.55 Å². The molecule has 0 fully saturated rings. The quantitative estimate of drug-likeness (QED) is 0.902. The molecule has 2 rings (SSSR count). The molecule has 20 heavy (non-hydrogen) atoms. The van der Waals surface area contributed by atoms with E-state index in [9.17, 15) is 8.42 Å². The molecule has 2 aromatic rings. The summed E-state index contributed by atoms with van der Waals surface area (Å²) in [6.07, 6.45) is 1.23. The molecule has 6 nitrogen and oxygen atoms in total. The zero-order valence-corrected chi connectivity index (χ0v) is 12.6. The second-order valence-corrected chi connectivity index (χ2v) is 7.30. The number of aryl methyl sites for hydroxylation is 1. The SMILES string of the molecule is CC(C)Oc1cccc2c1nc(N)n2CCS(C)(=O)=O. The molecule has 110 valence electrons.